The van der Waals surface area contributed by atoms with Crippen LogP contribution in [0, 0.1) is 5.82 Å². The van der Waals surface area contributed by atoms with Gasteiger partial charge in [0.1, 0.15) is 17.3 Å². The molecule has 8 heteroatoms. The molecule has 130 valence electrons. The van der Waals surface area contributed by atoms with Crippen LogP contribution in [0.1, 0.15) is 6.92 Å². The van der Waals surface area contributed by atoms with Crippen molar-refractivity contribution in [3.8, 4) is 11.5 Å². The lowest BCUT2D eigenvalue weighted by Gasteiger charge is -2.23. The minimum atomic E-state index is -0.566. The van der Waals surface area contributed by atoms with E-state index in [9.17, 15) is 14.0 Å². The quantitative estimate of drug-likeness (QED) is 0.873. The lowest BCUT2D eigenvalue weighted by molar-refractivity contribution is -0.122. The van der Waals surface area contributed by atoms with Crippen LogP contribution in [-0.4, -0.2) is 24.5 Å². The maximum Gasteiger partial charge on any atom is 0.265 e. The molecule has 1 unspecified atom stereocenters. The third-order valence-electron chi connectivity index (χ3n) is 3.46. The second kappa shape index (κ2) is 6.98. The average Bonchev–Trinajstić information content (AvgIpc) is 2.57. The number of hydrogen-bond acceptors (Lipinski definition) is 4. The van der Waals surface area contributed by atoms with Crippen molar-refractivity contribution >= 4 is 34.8 Å². The van der Waals surface area contributed by atoms with Gasteiger partial charge in [-0.15, -0.1) is 0 Å². The van der Waals surface area contributed by atoms with Crippen molar-refractivity contribution in [2.45, 2.75) is 13.0 Å². The van der Waals surface area contributed by atoms with Gasteiger partial charge in [-0.3, -0.25) is 9.59 Å². The lowest BCUT2D eigenvalue weighted by atomic mass is 10.2. The molecule has 0 saturated heterocycles. The molecule has 0 radical (unpaired) electrons. The highest BCUT2D eigenvalue weighted by Gasteiger charge is 2.23. The van der Waals surface area contributed by atoms with Crippen LogP contribution >= 0.6 is 11.6 Å². The molecule has 3 rings (SSSR count). The fourth-order valence-corrected chi connectivity index (χ4v) is 2.37. The van der Waals surface area contributed by atoms with Crippen LogP contribution in [0.3, 0.4) is 0 Å². The van der Waals surface area contributed by atoms with Crippen LogP contribution < -0.4 is 20.1 Å². The van der Waals surface area contributed by atoms with Gasteiger partial charge in [0.15, 0.2) is 12.7 Å². The summed E-state index contributed by atoms with van der Waals surface area (Å²) in [6, 6.07) is 8.71. The number of benzene rings is 2. The fraction of sp³-hybridized carbons (Fsp3) is 0.176. The zero-order valence-electron chi connectivity index (χ0n) is 13.1. The van der Waals surface area contributed by atoms with Crippen molar-refractivity contribution < 1.29 is 23.5 Å². The zero-order chi connectivity index (χ0) is 18.0. The molecule has 2 aromatic carbocycles. The molecule has 0 bridgehead atoms. The molecule has 1 aliphatic rings. The van der Waals surface area contributed by atoms with Gasteiger partial charge < -0.3 is 20.1 Å². The van der Waals surface area contributed by atoms with Crippen molar-refractivity contribution in [2.24, 2.45) is 0 Å². The molecule has 0 fully saturated rings. The average molecular weight is 365 g/mol. The lowest BCUT2D eigenvalue weighted by Crippen LogP contribution is -2.34. The number of ether oxygens (including phenoxy) is 2. The molecule has 0 aromatic heterocycles. The van der Waals surface area contributed by atoms with E-state index in [4.69, 9.17) is 21.1 Å². The summed E-state index contributed by atoms with van der Waals surface area (Å²) in [5, 5.41) is 5.25. The van der Waals surface area contributed by atoms with Crippen LogP contribution in [0.5, 0.6) is 11.5 Å². The predicted molar refractivity (Wildman–Crippen MR) is 90.7 cm³/mol. The van der Waals surface area contributed by atoms with Crippen molar-refractivity contribution in [1.29, 1.82) is 0 Å². The maximum atomic E-state index is 13.1. The Morgan fingerprint density at radius 1 is 1.36 bits per heavy atom. The Labute approximate surface area is 147 Å². The molecule has 2 aromatic rings. The summed E-state index contributed by atoms with van der Waals surface area (Å²) in [5.74, 6) is -0.431. The largest absolute Gasteiger partial charge is 0.484 e. The zero-order valence-corrected chi connectivity index (χ0v) is 13.9. The highest BCUT2D eigenvalue weighted by atomic mass is 35.5. The van der Waals surface area contributed by atoms with Crippen molar-refractivity contribution in [1.82, 2.24) is 0 Å². The van der Waals surface area contributed by atoms with Gasteiger partial charge in [0.25, 0.3) is 11.8 Å². The highest BCUT2D eigenvalue weighted by molar-refractivity contribution is 6.30. The number of nitrogens with one attached hydrogen (secondary N) is 2. The second-order valence-corrected chi connectivity index (χ2v) is 5.78. The first-order valence-corrected chi connectivity index (χ1v) is 7.79. The molecule has 1 atom stereocenters. The molecule has 2 amide bonds. The molecule has 1 heterocycles. The number of halogens is 2. The van der Waals surface area contributed by atoms with E-state index in [0.717, 1.165) is 6.07 Å². The van der Waals surface area contributed by atoms with Crippen LogP contribution in [0.25, 0.3) is 0 Å². The van der Waals surface area contributed by atoms with E-state index in [1.54, 1.807) is 25.1 Å². The third kappa shape index (κ3) is 4.00. The number of amides is 2. The molecule has 0 aliphatic carbocycles. The van der Waals surface area contributed by atoms with Crippen LogP contribution in [0.4, 0.5) is 15.8 Å². The standard InChI is InChI=1S/C17H14ClFN2O4/c1-9-17(23)21-14-6-10(2-5-15(14)25-9)20-16(22)8-24-11-3-4-13(19)12(18)7-11/h2-7,9H,8H2,1H3,(H,20,22)(H,21,23). The molecule has 1 aliphatic heterocycles. The second-order valence-electron chi connectivity index (χ2n) is 5.37. The summed E-state index contributed by atoms with van der Waals surface area (Å²) in [5.41, 5.74) is 0.954. The molecule has 25 heavy (non-hydrogen) atoms. The minimum absolute atomic E-state index is 0.0856. The first-order chi connectivity index (χ1) is 11.9. The van der Waals surface area contributed by atoms with Gasteiger partial charge in [-0.2, -0.15) is 0 Å². The highest BCUT2D eigenvalue weighted by Crippen LogP contribution is 2.32. The smallest absolute Gasteiger partial charge is 0.265 e. The van der Waals surface area contributed by atoms with E-state index in [2.05, 4.69) is 10.6 Å². The maximum absolute atomic E-state index is 13.1. The Morgan fingerprint density at radius 2 is 2.16 bits per heavy atom. The number of hydrogen-bond donors (Lipinski definition) is 2. The van der Waals surface area contributed by atoms with E-state index in [1.165, 1.54) is 12.1 Å². The summed E-state index contributed by atoms with van der Waals surface area (Å²) in [7, 11) is 0. The van der Waals surface area contributed by atoms with E-state index in [-0.39, 0.29) is 23.3 Å². The molecule has 0 saturated carbocycles. The van der Waals surface area contributed by atoms with Gasteiger partial charge in [0.2, 0.25) is 0 Å². The fourth-order valence-electron chi connectivity index (χ4n) is 2.20. The van der Waals surface area contributed by atoms with Crippen LogP contribution in [0.2, 0.25) is 5.02 Å². The van der Waals surface area contributed by atoms with Crippen LogP contribution in [0.15, 0.2) is 36.4 Å². The predicted octanol–water partition coefficient (Wildman–Crippen LogP) is 3.22. The van der Waals surface area contributed by atoms with Crippen LogP contribution in [-0.2, 0) is 9.59 Å². The summed E-state index contributed by atoms with van der Waals surface area (Å²) in [6.07, 6.45) is -0.566. The van der Waals surface area contributed by atoms with Gasteiger partial charge in [0, 0.05) is 11.8 Å². The number of anilines is 2. The molecule has 0 spiro atoms. The summed E-state index contributed by atoms with van der Waals surface area (Å²) >= 11 is 5.65. The van der Waals surface area contributed by atoms with Gasteiger partial charge in [0.05, 0.1) is 10.7 Å². The number of carbonyl (C=O) groups is 2. The first kappa shape index (κ1) is 17.0. The van der Waals surface area contributed by atoms with Crippen molar-refractivity contribution in [2.75, 3.05) is 17.2 Å². The number of rotatable bonds is 4. The van der Waals surface area contributed by atoms with E-state index in [0.29, 0.717) is 17.1 Å². The summed E-state index contributed by atoms with van der Waals surface area (Å²) in [6.45, 7) is 1.37. The Kier molecular flexibility index (Phi) is 4.76. The molecule has 6 nitrogen and oxygen atoms in total. The number of carbonyl (C=O) groups excluding carboxylic acids is 2. The molecule has 2 N–H and O–H groups in total. The van der Waals surface area contributed by atoms with E-state index in [1.807, 2.05) is 0 Å². The molecular formula is C17H14ClFN2O4. The van der Waals surface area contributed by atoms with Gasteiger partial charge in [-0.25, -0.2) is 4.39 Å². The van der Waals surface area contributed by atoms with E-state index < -0.39 is 17.8 Å². The monoisotopic (exact) mass is 364 g/mol. The molecular weight excluding hydrogens is 351 g/mol. The SMILES string of the molecule is CC1Oc2ccc(NC(=O)COc3ccc(F)c(Cl)c3)cc2NC1=O. The van der Waals surface area contributed by atoms with Crippen molar-refractivity contribution in [3.05, 3.63) is 47.2 Å². The van der Waals surface area contributed by atoms with Gasteiger partial charge in [-0.1, -0.05) is 11.6 Å². The van der Waals surface area contributed by atoms with E-state index >= 15 is 0 Å². The summed E-state index contributed by atoms with van der Waals surface area (Å²) in [4.78, 5) is 23.6. The first-order valence-electron chi connectivity index (χ1n) is 7.41. The Morgan fingerprint density at radius 3 is 2.92 bits per heavy atom. The Balaban J connectivity index is 1.60. The normalized spacial score (nSPS) is 15.6. The third-order valence-corrected chi connectivity index (χ3v) is 3.74. The Hall–Kier alpha value is -2.80. The van der Waals surface area contributed by atoms with Gasteiger partial charge in [-0.05, 0) is 37.3 Å². The topological polar surface area (TPSA) is 76.7 Å². The summed E-state index contributed by atoms with van der Waals surface area (Å²) < 4.78 is 23.8. The number of fused-ring (bicyclic) bond motifs is 1. The Bertz CT molecular complexity index is 843. The minimum Gasteiger partial charge on any atom is -0.484 e. The van der Waals surface area contributed by atoms with Crippen molar-refractivity contribution in [3.63, 3.8) is 0 Å². The van der Waals surface area contributed by atoms with Gasteiger partial charge >= 0.3 is 0 Å².